The fourth-order valence-corrected chi connectivity index (χ4v) is 3.58. The summed E-state index contributed by atoms with van der Waals surface area (Å²) in [6.07, 6.45) is 3.70. The molecular weight excluding hydrogens is 258 g/mol. The number of benzene rings is 2. The van der Waals surface area contributed by atoms with Crippen LogP contribution < -0.4 is 10.1 Å². The second-order valence-corrected chi connectivity index (χ2v) is 6.25. The molecule has 2 heteroatoms. The van der Waals surface area contributed by atoms with Gasteiger partial charge in [0.25, 0.3) is 0 Å². The fraction of sp³-hybridized carbons (Fsp3) is 0.368. The van der Waals surface area contributed by atoms with Gasteiger partial charge in [-0.25, -0.2) is 0 Å². The van der Waals surface area contributed by atoms with Gasteiger partial charge in [-0.05, 0) is 42.5 Å². The number of hydrogen-bond acceptors (Lipinski definition) is 2. The number of ether oxygens (including phenoxy) is 1. The molecule has 1 aliphatic carbocycles. The summed E-state index contributed by atoms with van der Waals surface area (Å²) in [7, 11) is 0. The van der Waals surface area contributed by atoms with Crippen LogP contribution in [0.25, 0.3) is 0 Å². The quantitative estimate of drug-likeness (QED) is 0.927. The summed E-state index contributed by atoms with van der Waals surface area (Å²) < 4.78 is 6.02. The van der Waals surface area contributed by atoms with Gasteiger partial charge in [0.15, 0.2) is 0 Å². The second-order valence-electron chi connectivity index (χ2n) is 6.25. The van der Waals surface area contributed by atoms with E-state index in [0.29, 0.717) is 6.04 Å². The maximum atomic E-state index is 6.02. The number of fused-ring (bicyclic) bond motifs is 2. The third-order valence-electron chi connectivity index (χ3n) is 4.68. The lowest BCUT2D eigenvalue weighted by atomic mass is 10.0. The van der Waals surface area contributed by atoms with Crippen molar-refractivity contribution in [3.05, 3.63) is 64.7 Å². The van der Waals surface area contributed by atoms with Crippen molar-refractivity contribution in [1.29, 1.82) is 0 Å². The molecule has 0 spiro atoms. The summed E-state index contributed by atoms with van der Waals surface area (Å²) in [5, 5.41) is 3.72. The Morgan fingerprint density at radius 1 is 1.14 bits per heavy atom. The molecule has 2 atom stereocenters. The summed E-state index contributed by atoms with van der Waals surface area (Å²) >= 11 is 0. The van der Waals surface area contributed by atoms with E-state index in [4.69, 9.17) is 4.74 Å². The Hall–Kier alpha value is -1.80. The van der Waals surface area contributed by atoms with E-state index in [9.17, 15) is 0 Å². The van der Waals surface area contributed by atoms with E-state index in [2.05, 4.69) is 48.6 Å². The molecule has 0 saturated carbocycles. The van der Waals surface area contributed by atoms with E-state index in [0.717, 1.165) is 18.7 Å². The maximum absolute atomic E-state index is 6.02. The zero-order chi connectivity index (χ0) is 14.2. The Kier molecular flexibility index (Phi) is 3.19. The molecule has 2 aromatic rings. The zero-order valence-corrected chi connectivity index (χ0v) is 12.4. The van der Waals surface area contributed by atoms with Crippen LogP contribution in [0, 0.1) is 6.92 Å². The Bertz CT molecular complexity index is 639. The lowest BCUT2D eigenvalue weighted by Crippen LogP contribution is -2.32. The summed E-state index contributed by atoms with van der Waals surface area (Å²) in [6, 6.07) is 15.7. The highest BCUT2D eigenvalue weighted by Crippen LogP contribution is 2.32. The molecule has 0 amide bonds. The van der Waals surface area contributed by atoms with Crippen LogP contribution in [0.1, 0.15) is 34.7 Å². The van der Waals surface area contributed by atoms with Crippen LogP contribution in [0.4, 0.5) is 0 Å². The standard InChI is InChI=1S/C19H21NO/c1-13-6-7-14-8-9-18(17(14)10-13)20-12-16-11-15-4-2-3-5-19(15)21-16/h2-7,10,16,18,20H,8-9,11-12H2,1H3. The van der Waals surface area contributed by atoms with E-state index < -0.39 is 0 Å². The maximum Gasteiger partial charge on any atom is 0.123 e. The van der Waals surface area contributed by atoms with Crippen LogP contribution in [-0.2, 0) is 12.8 Å². The number of rotatable bonds is 3. The first-order chi connectivity index (χ1) is 10.3. The van der Waals surface area contributed by atoms with E-state index in [1.165, 1.54) is 35.1 Å². The summed E-state index contributed by atoms with van der Waals surface area (Å²) in [4.78, 5) is 0. The van der Waals surface area contributed by atoms with Crippen molar-refractivity contribution in [2.24, 2.45) is 0 Å². The smallest absolute Gasteiger partial charge is 0.123 e. The Morgan fingerprint density at radius 3 is 2.95 bits per heavy atom. The topological polar surface area (TPSA) is 21.3 Å². The van der Waals surface area contributed by atoms with Crippen molar-refractivity contribution in [2.75, 3.05) is 6.54 Å². The van der Waals surface area contributed by atoms with Crippen LogP contribution in [0.2, 0.25) is 0 Å². The molecule has 2 aliphatic rings. The molecule has 0 radical (unpaired) electrons. The number of para-hydroxylation sites is 1. The van der Waals surface area contributed by atoms with Gasteiger partial charge in [-0.3, -0.25) is 0 Å². The fourth-order valence-electron chi connectivity index (χ4n) is 3.58. The second kappa shape index (κ2) is 5.19. The highest BCUT2D eigenvalue weighted by Gasteiger charge is 2.26. The first-order valence-electron chi connectivity index (χ1n) is 7.87. The molecule has 2 nitrogen and oxygen atoms in total. The predicted octanol–water partition coefficient (Wildman–Crippen LogP) is 3.58. The van der Waals surface area contributed by atoms with Crippen molar-refractivity contribution in [1.82, 2.24) is 5.32 Å². The van der Waals surface area contributed by atoms with Gasteiger partial charge >= 0.3 is 0 Å². The molecule has 0 bridgehead atoms. The first-order valence-corrected chi connectivity index (χ1v) is 7.87. The van der Waals surface area contributed by atoms with Gasteiger partial charge in [0.2, 0.25) is 0 Å². The molecular formula is C19H21NO. The Labute approximate surface area is 126 Å². The van der Waals surface area contributed by atoms with Crippen LogP contribution in [-0.4, -0.2) is 12.6 Å². The van der Waals surface area contributed by atoms with E-state index in [1.54, 1.807) is 0 Å². The first kappa shape index (κ1) is 12.9. The van der Waals surface area contributed by atoms with E-state index in [-0.39, 0.29) is 6.10 Å². The van der Waals surface area contributed by atoms with Crippen molar-refractivity contribution >= 4 is 0 Å². The zero-order valence-electron chi connectivity index (χ0n) is 12.4. The Morgan fingerprint density at radius 2 is 2.05 bits per heavy atom. The minimum absolute atomic E-state index is 0.274. The summed E-state index contributed by atoms with van der Waals surface area (Å²) in [6.45, 7) is 3.10. The lowest BCUT2D eigenvalue weighted by molar-refractivity contribution is 0.221. The molecule has 108 valence electrons. The third kappa shape index (κ3) is 2.44. The predicted molar refractivity (Wildman–Crippen MR) is 84.8 cm³/mol. The van der Waals surface area contributed by atoms with Crippen molar-refractivity contribution in [3.8, 4) is 5.75 Å². The molecule has 1 heterocycles. The van der Waals surface area contributed by atoms with Gasteiger partial charge in [0.05, 0.1) is 0 Å². The summed E-state index contributed by atoms with van der Waals surface area (Å²) in [5.74, 6) is 1.06. The molecule has 1 N–H and O–H groups in total. The van der Waals surface area contributed by atoms with E-state index >= 15 is 0 Å². The van der Waals surface area contributed by atoms with Crippen molar-refractivity contribution < 1.29 is 4.74 Å². The minimum atomic E-state index is 0.274. The van der Waals surface area contributed by atoms with Crippen molar-refractivity contribution in [2.45, 2.75) is 38.3 Å². The van der Waals surface area contributed by atoms with Gasteiger partial charge < -0.3 is 10.1 Å². The van der Waals surface area contributed by atoms with Gasteiger partial charge in [0.1, 0.15) is 11.9 Å². The number of nitrogens with one attached hydrogen (secondary N) is 1. The normalized spacial score (nSPS) is 22.7. The summed E-state index contributed by atoms with van der Waals surface area (Å²) in [5.41, 5.74) is 5.69. The lowest BCUT2D eigenvalue weighted by Gasteiger charge is -2.18. The largest absolute Gasteiger partial charge is 0.488 e. The van der Waals surface area contributed by atoms with Crippen LogP contribution >= 0.6 is 0 Å². The molecule has 0 aromatic heterocycles. The Balaban J connectivity index is 1.41. The average molecular weight is 279 g/mol. The molecule has 1 aliphatic heterocycles. The number of aryl methyl sites for hydroxylation is 2. The minimum Gasteiger partial charge on any atom is -0.488 e. The number of hydrogen-bond donors (Lipinski definition) is 1. The molecule has 0 saturated heterocycles. The SMILES string of the molecule is Cc1ccc2c(c1)C(NCC1Cc3ccccc3O1)CC2. The van der Waals surface area contributed by atoms with Crippen LogP contribution in [0.5, 0.6) is 5.75 Å². The molecule has 4 rings (SSSR count). The van der Waals surface area contributed by atoms with Gasteiger partial charge in [-0.2, -0.15) is 0 Å². The highest BCUT2D eigenvalue weighted by molar-refractivity contribution is 5.39. The molecule has 21 heavy (non-hydrogen) atoms. The van der Waals surface area contributed by atoms with Crippen molar-refractivity contribution in [3.63, 3.8) is 0 Å². The third-order valence-corrected chi connectivity index (χ3v) is 4.68. The van der Waals surface area contributed by atoms with Gasteiger partial charge in [-0.1, -0.05) is 42.0 Å². The van der Waals surface area contributed by atoms with E-state index in [1.807, 2.05) is 6.07 Å². The molecule has 0 fully saturated rings. The van der Waals surface area contributed by atoms with Crippen LogP contribution in [0.3, 0.4) is 0 Å². The average Bonchev–Trinajstić information content (AvgIpc) is 3.07. The van der Waals surface area contributed by atoms with Gasteiger partial charge in [-0.15, -0.1) is 0 Å². The monoisotopic (exact) mass is 279 g/mol. The highest BCUT2D eigenvalue weighted by atomic mass is 16.5. The van der Waals surface area contributed by atoms with Crippen LogP contribution in [0.15, 0.2) is 42.5 Å². The molecule has 2 unspecified atom stereocenters. The molecule has 2 aromatic carbocycles. The van der Waals surface area contributed by atoms with Gasteiger partial charge in [0, 0.05) is 19.0 Å².